The number of H-pyrrole nitrogens is 1. The largest absolute Gasteiger partial charge is 0.394 e. The van der Waals surface area contributed by atoms with Gasteiger partial charge in [-0.1, -0.05) is 18.2 Å². The monoisotopic (exact) mass is 450 g/mol. The van der Waals surface area contributed by atoms with Crippen molar-refractivity contribution in [3.05, 3.63) is 78.1 Å². The highest BCUT2D eigenvalue weighted by atomic mass is 32.1. The Morgan fingerprint density at radius 3 is 2.84 bits per heavy atom. The first kappa shape index (κ1) is 21.8. The lowest BCUT2D eigenvalue weighted by Gasteiger charge is -2.19. The zero-order valence-electron chi connectivity index (χ0n) is 17.4. The fraction of sp³-hybridized carbons (Fsp3) is 0.174. The molecule has 5 aromatic rings. The summed E-state index contributed by atoms with van der Waals surface area (Å²) in [4.78, 5) is 11.8. The second-order valence-electron chi connectivity index (χ2n) is 7.57. The number of para-hydroxylation sites is 1. The van der Waals surface area contributed by atoms with Crippen molar-refractivity contribution >= 4 is 35.9 Å². The smallest absolute Gasteiger partial charge is 0.160 e. The van der Waals surface area contributed by atoms with Crippen molar-refractivity contribution in [1.82, 2.24) is 24.6 Å². The third-order valence-corrected chi connectivity index (χ3v) is 5.36. The molecule has 7 nitrogen and oxygen atoms in total. The molecule has 0 aliphatic heterocycles. The normalized spacial score (nSPS) is 12.1. The standard InChI is InChI=1S/C23H21FN6O.H2S/c1-14-9-27-30-22(8-21(29-23(14)30)16-6-17(24)12-25-10-16)28-18(13-31)7-15-11-26-20-5-3-2-4-19(15)20;/h2-6,8-12,18,26,28,31H,7,13H2,1H3;1H2. The van der Waals surface area contributed by atoms with Gasteiger partial charge in [-0.05, 0) is 31.0 Å². The van der Waals surface area contributed by atoms with Gasteiger partial charge in [0, 0.05) is 40.5 Å². The Morgan fingerprint density at radius 1 is 1.19 bits per heavy atom. The number of hydrogen-bond acceptors (Lipinski definition) is 5. The summed E-state index contributed by atoms with van der Waals surface area (Å²) in [6.07, 6.45) is 7.05. The Kier molecular flexibility index (Phi) is 6.11. The summed E-state index contributed by atoms with van der Waals surface area (Å²) in [5, 5.41) is 19.0. The summed E-state index contributed by atoms with van der Waals surface area (Å²) in [6, 6.07) is 11.0. The maximum absolute atomic E-state index is 13.7. The molecular weight excluding hydrogens is 427 g/mol. The second kappa shape index (κ2) is 8.97. The number of hydrogen-bond donors (Lipinski definition) is 3. The lowest BCUT2D eigenvalue weighted by atomic mass is 10.1. The van der Waals surface area contributed by atoms with Crippen LogP contribution in [0.2, 0.25) is 0 Å². The van der Waals surface area contributed by atoms with Gasteiger partial charge in [-0.3, -0.25) is 4.98 Å². The van der Waals surface area contributed by atoms with E-state index in [1.54, 1.807) is 23.0 Å². The Balaban J connectivity index is 0.00000245. The summed E-state index contributed by atoms with van der Waals surface area (Å²) in [5.74, 6) is 0.239. The van der Waals surface area contributed by atoms with E-state index >= 15 is 0 Å². The number of aromatic nitrogens is 5. The van der Waals surface area contributed by atoms with Gasteiger partial charge in [0.25, 0.3) is 0 Å². The fourth-order valence-electron chi connectivity index (χ4n) is 3.81. The van der Waals surface area contributed by atoms with Gasteiger partial charge in [0.1, 0.15) is 11.6 Å². The predicted octanol–water partition coefficient (Wildman–Crippen LogP) is 3.85. The molecule has 4 aromatic heterocycles. The highest BCUT2D eigenvalue weighted by Crippen LogP contribution is 2.25. The molecule has 9 heteroatoms. The van der Waals surface area contributed by atoms with Gasteiger partial charge in [-0.25, -0.2) is 9.37 Å². The average molecular weight is 451 g/mol. The van der Waals surface area contributed by atoms with Crippen LogP contribution in [0.15, 0.2) is 61.2 Å². The lowest BCUT2D eigenvalue weighted by Crippen LogP contribution is -2.27. The van der Waals surface area contributed by atoms with Crippen LogP contribution in [0.25, 0.3) is 27.8 Å². The Labute approximate surface area is 190 Å². The van der Waals surface area contributed by atoms with Crippen molar-refractivity contribution < 1.29 is 9.50 Å². The van der Waals surface area contributed by atoms with Gasteiger partial charge >= 0.3 is 0 Å². The van der Waals surface area contributed by atoms with Crippen LogP contribution < -0.4 is 5.32 Å². The van der Waals surface area contributed by atoms with Crippen LogP contribution in [-0.2, 0) is 6.42 Å². The quantitative estimate of drug-likeness (QED) is 0.366. The van der Waals surface area contributed by atoms with Crippen LogP contribution in [0.5, 0.6) is 0 Å². The van der Waals surface area contributed by atoms with E-state index in [0.29, 0.717) is 29.1 Å². The molecule has 0 aliphatic rings. The van der Waals surface area contributed by atoms with Gasteiger partial charge in [0.05, 0.1) is 30.7 Å². The molecule has 1 aromatic carbocycles. The molecule has 1 atom stereocenters. The van der Waals surface area contributed by atoms with Crippen molar-refractivity contribution in [2.75, 3.05) is 11.9 Å². The van der Waals surface area contributed by atoms with Crippen LogP contribution in [0.1, 0.15) is 11.1 Å². The third kappa shape index (κ3) is 4.04. The second-order valence-corrected chi connectivity index (χ2v) is 7.57. The molecule has 1 unspecified atom stereocenters. The lowest BCUT2D eigenvalue weighted by molar-refractivity contribution is 0.273. The molecule has 0 saturated heterocycles. The molecule has 32 heavy (non-hydrogen) atoms. The SMILES string of the molecule is Cc1cnn2c(NC(CO)Cc3c[nH]c4ccccc34)cc(-c3cncc(F)c3)nc12.S. The fourth-order valence-corrected chi connectivity index (χ4v) is 3.81. The zero-order valence-corrected chi connectivity index (χ0v) is 18.4. The number of anilines is 1. The number of pyridine rings is 1. The summed E-state index contributed by atoms with van der Waals surface area (Å²) < 4.78 is 15.4. The molecule has 3 N–H and O–H groups in total. The van der Waals surface area contributed by atoms with E-state index in [9.17, 15) is 9.50 Å². The van der Waals surface area contributed by atoms with E-state index in [-0.39, 0.29) is 26.1 Å². The number of nitrogens with zero attached hydrogens (tertiary/aromatic N) is 4. The van der Waals surface area contributed by atoms with Crippen LogP contribution >= 0.6 is 13.5 Å². The van der Waals surface area contributed by atoms with E-state index in [2.05, 4.69) is 31.4 Å². The van der Waals surface area contributed by atoms with E-state index in [0.717, 1.165) is 28.2 Å². The van der Waals surface area contributed by atoms with Crippen molar-refractivity contribution in [3.8, 4) is 11.3 Å². The Bertz CT molecular complexity index is 1380. The summed E-state index contributed by atoms with van der Waals surface area (Å²) >= 11 is 0. The van der Waals surface area contributed by atoms with E-state index < -0.39 is 5.82 Å². The first-order valence-corrected chi connectivity index (χ1v) is 10.0. The minimum absolute atomic E-state index is 0. The predicted molar refractivity (Wildman–Crippen MR) is 128 cm³/mol. The van der Waals surface area contributed by atoms with Gasteiger partial charge in [-0.15, -0.1) is 0 Å². The van der Waals surface area contributed by atoms with E-state index in [1.165, 1.54) is 6.07 Å². The van der Waals surface area contributed by atoms with Gasteiger partial charge < -0.3 is 15.4 Å². The summed E-state index contributed by atoms with van der Waals surface area (Å²) in [7, 11) is 0. The minimum Gasteiger partial charge on any atom is -0.394 e. The zero-order chi connectivity index (χ0) is 21.4. The minimum atomic E-state index is -0.425. The van der Waals surface area contributed by atoms with Crippen molar-refractivity contribution in [1.29, 1.82) is 0 Å². The molecule has 0 aliphatic carbocycles. The van der Waals surface area contributed by atoms with Crippen molar-refractivity contribution in [2.45, 2.75) is 19.4 Å². The Hall–Kier alpha value is -3.43. The third-order valence-electron chi connectivity index (χ3n) is 5.36. The molecular formula is C23H23FN6OS. The highest BCUT2D eigenvalue weighted by Gasteiger charge is 2.16. The average Bonchev–Trinajstić information content (AvgIpc) is 3.37. The number of aliphatic hydroxyl groups excluding tert-OH is 1. The molecule has 5 rings (SSSR count). The van der Waals surface area contributed by atoms with Crippen molar-refractivity contribution in [3.63, 3.8) is 0 Å². The van der Waals surface area contributed by atoms with E-state index in [1.807, 2.05) is 31.3 Å². The number of fused-ring (bicyclic) bond motifs is 2. The number of nitrogens with one attached hydrogen (secondary N) is 2. The first-order valence-electron chi connectivity index (χ1n) is 10.0. The maximum atomic E-state index is 13.7. The number of rotatable bonds is 6. The van der Waals surface area contributed by atoms with Gasteiger partial charge in [0.2, 0.25) is 0 Å². The van der Waals surface area contributed by atoms with Gasteiger partial charge in [-0.2, -0.15) is 23.1 Å². The summed E-state index contributed by atoms with van der Waals surface area (Å²) in [6.45, 7) is 1.85. The number of aromatic amines is 1. The summed E-state index contributed by atoms with van der Waals surface area (Å²) in [5.41, 5.74) is 4.87. The number of aryl methyl sites for hydroxylation is 1. The first-order chi connectivity index (χ1) is 15.1. The van der Waals surface area contributed by atoms with Crippen LogP contribution in [0, 0.1) is 12.7 Å². The Morgan fingerprint density at radius 2 is 2.03 bits per heavy atom. The highest BCUT2D eigenvalue weighted by molar-refractivity contribution is 7.59. The van der Waals surface area contributed by atoms with Crippen LogP contribution in [-0.4, -0.2) is 42.3 Å². The number of benzene rings is 1. The molecule has 0 radical (unpaired) electrons. The van der Waals surface area contributed by atoms with Gasteiger partial charge in [0.15, 0.2) is 5.65 Å². The van der Waals surface area contributed by atoms with Crippen LogP contribution in [0.3, 0.4) is 0 Å². The molecule has 0 fully saturated rings. The molecule has 0 bridgehead atoms. The molecule has 0 saturated carbocycles. The van der Waals surface area contributed by atoms with E-state index in [4.69, 9.17) is 0 Å². The van der Waals surface area contributed by atoms with Crippen LogP contribution in [0.4, 0.5) is 10.2 Å². The number of aliphatic hydroxyl groups is 1. The number of halogens is 1. The molecule has 164 valence electrons. The molecule has 0 spiro atoms. The van der Waals surface area contributed by atoms with Crippen molar-refractivity contribution in [2.24, 2.45) is 0 Å². The topological polar surface area (TPSA) is 91.1 Å². The molecule has 0 amide bonds. The maximum Gasteiger partial charge on any atom is 0.160 e. The molecule has 4 heterocycles.